The molecule has 24 heavy (non-hydrogen) atoms. The van der Waals surface area contributed by atoms with Gasteiger partial charge in [0.15, 0.2) is 0 Å². The number of hydrogen-bond donors (Lipinski definition) is 2. The Kier molecular flexibility index (Phi) is 3.85. The summed E-state index contributed by atoms with van der Waals surface area (Å²) in [4.78, 5) is 19.4. The monoisotopic (exact) mass is 349 g/mol. The van der Waals surface area contributed by atoms with E-state index in [9.17, 15) is 13.2 Å². The van der Waals surface area contributed by atoms with Crippen LogP contribution in [-0.2, 0) is 23.1 Å². The van der Waals surface area contributed by atoms with Crippen LogP contribution in [-0.4, -0.2) is 35.7 Å². The number of fused-ring (bicyclic) bond motifs is 1. The van der Waals surface area contributed by atoms with Crippen molar-refractivity contribution in [2.45, 2.75) is 18.0 Å². The van der Waals surface area contributed by atoms with E-state index in [0.29, 0.717) is 11.3 Å². The lowest BCUT2D eigenvalue weighted by Gasteiger charge is -2.16. The zero-order chi connectivity index (χ0) is 17.5. The minimum atomic E-state index is -3.84. The normalized spacial score (nSPS) is 14.4. The number of hydrogen-bond acceptors (Lipinski definition) is 7. The molecule has 10 heteroatoms. The summed E-state index contributed by atoms with van der Waals surface area (Å²) in [6.07, 6.45) is 1.51. The number of anilines is 1. The summed E-state index contributed by atoms with van der Waals surface area (Å²) >= 11 is 0. The van der Waals surface area contributed by atoms with Gasteiger partial charge in [0.1, 0.15) is 5.75 Å². The van der Waals surface area contributed by atoms with Crippen LogP contribution in [0.5, 0.6) is 5.75 Å². The maximum absolute atomic E-state index is 12.8. The van der Waals surface area contributed by atoms with Crippen LogP contribution in [0.15, 0.2) is 29.3 Å². The van der Waals surface area contributed by atoms with Crippen LogP contribution in [0, 0.1) is 0 Å². The molecule has 0 radical (unpaired) electrons. The van der Waals surface area contributed by atoms with E-state index in [1.807, 2.05) is 0 Å². The van der Waals surface area contributed by atoms with Crippen molar-refractivity contribution >= 4 is 21.9 Å². The Morgan fingerprint density at radius 2 is 2.08 bits per heavy atom. The van der Waals surface area contributed by atoms with E-state index in [-0.39, 0.29) is 35.2 Å². The van der Waals surface area contributed by atoms with Gasteiger partial charge in [-0.1, -0.05) is 0 Å². The second-order valence-electron chi connectivity index (χ2n) is 5.20. The third kappa shape index (κ3) is 2.65. The van der Waals surface area contributed by atoms with E-state index < -0.39 is 15.9 Å². The van der Waals surface area contributed by atoms with Gasteiger partial charge in [0, 0.05) is 18.3 Å². The largest absolute Gasteiger partial charge is 0.496 e. The molecule has 3 rings (SSSR count). The molecule has 126 valence electrons. The van der Waals surface area contributed by atoms with Gasteiger partial charge in [0.2, 0.25) is 16.0 Å². The van der Waals surface area contributed by atoms with Crippen LogP contribution < -0.4 is 16.2 Å². The first-order valence-corrected chi connectivity index (χ1v) is 8.35. The number of aromatic nitrogens is 2. The van der Waals surface area contributed by atoms with Crippen LogP contribution in [0.25, 0.3) is 0 Å². The lowest BCUT2D eigenvalue weighted by molar-refractivity contribution is 0.0997. The number of rotatable bonds is 4. The molecule has 4 N–H and O–H groups in total. The van der Waals surface area contributed by atoms with Crippen molar-refractivity contribution in [3.05, 3.63) is 41.2 Å². The fourth-order valence-corrected chi connectivity index (χ4v) is 3.90. The zero-order valence-corrected chi connectivity index (χ0v) is 13.6. The molecule has 0 unspecified atom stereocenters. The number of nitrogens with two attached hydrogens (primary N) is 2. The third-order valence-electron chi connectivity index (χ3n) is 3.72. The molecule has 1 aliphatic rings. The minimum Gasteiger partial charge on any atom is -0.496 e. The predicted octanol–water partition coefficient (Wildman–Crippen LogP) is -0.129. The lowest BCUT2D eigenvalue weighted by atomic mass is 10.2. The Hall–Kier alpha value is -2.72. The summed E-state index contributed by atoms with van der Waals surface area (Å²) < 4.78 is 31.9. The Bertz CT molecular complexity index is 929. The van der Waals surface area contributed by atoms with Gasteiger partial charge in [0.25, 0.3) is 5.91 Å². The van der Waals surface area contributed by atoms with Gasteiger partial charge in [0.05, 0.1) is 29.8 Å². The number of nitrogen functional groups attached to an aromatic ring is 1. The summed E-state index contributed by atoms with van der Waals surface area (Å²) in [5.74, 6) is -0.467. The van der Waals surface area contributed by atoms with Gasteiger partial charge in [-0.3, -0.25) is 4.79 Å². The number of carbonyl (C=O) groups is 1. The standard InChI is InChI=1S/C14H15N5O4S/c1-23-12-3-2-9(4-10(12)13(15)20)24(21,22)19-6-8-5-17-14(16)18-11(8)7-19/h2-5H,6-7H2,1H3,(H2,15,20)(H2,16,17,18). The molecule has 0 saturated carbocycles. The van der Waals surface area contributed by atoms with E-state index in [4.69, 9.17) is 16.2 Å². The second kappa shape index (κ2) is 5.73. The number of primary amides is 1. The molecule has 2 heterocycles. The smallest absolute Gasteiger partial charge is 0.252 e. The number of nitrogens with zero attached hydrogens (tertiary/aromatic N) is 3. The molecule has 1 aromatic heterocycles. The summed E-state index contributed by atoms with van der Waals surface area (Å²) in [6, 6.07) is 3.97. The Morgan fingerprint density at radius 3 is 2.75 bits per heavy atom. The molecule has 0 bridgehead atoms. The van der Waals surface area contributed by atoms with Crippen LogP contribution >= 0.6 is 0 Å². The summed E-state index contributed by atoms with van der Waals surface area (Å²) in [5.41, 5.74) is 12.1. The SMILES string of the molecule is COc1ccc(S(=O)(=O)N2Cc3cnc(N)nc3C2)cc1C(N)=O. The Labute approximate surface area is 138 Å². The van der Waals surface area contributed by atoms with Crippen molar-refractivity contribution in [1.29, 1.82) is 0 Å². The van der Waals surface area contributed by atoms with Gasteiger partial charge >= 0.3 is 0 Å². The van der Waals surface area contributed by atoms with Gasteiger partial charge in [-0.05, 0) is 18.2 Å². The average Bonchev–Trinajstić information content (AvgIpc) is 2.97. The van der Waals surface area contributed by atoms with Crippen LogP contribution in [0.2, 0.25) is 0 Å². The molecule has 0 aliphatic carbocycles. The van der Waals surface area contributed by atoms with E-state index >= 15 is 0 Å². The fraction of sp³-hybridized carbons (Fsp3) is 0.214. The maximum Gasteiger partial charge on any atom is 0.252 e. The minimum absolute atomic E-state index is 0.000628. The first kappa shape index (κ1) is 16.1. The number of amides is 1. The van der Waals surface area contributed by atoms with Crippen molar-refractivity contribution in [2.24, 2.45) is 5.73 Å². The highest BCUT2D eigenvalue weighted by atomic mass is 32.2. The predicted molar refractivity (Wildman–Crippen MR) is 84.4 cm³/mol. The van der Waals surface area contributed by atoms with Crippen LogP contribution in [0.3, 0.4) is 0 Å². The van der Waals surface area contributed by atoms with Crippen molar-refractivity contribution < 1.29 is 17.9 Å². The van der Waals surface area contributed by atoms with Crippen LogP contribution in [0.4, 0.5) is 5.95 Å². The quantitative estimate of drug-likeness (QED) is 0.783. The summed E-state index contributed by atoms with van der Waals surface area (Å²) in [5, 5.41) is 0. The molecule has 0 atom stereocenters. The molecule has 1 aromatic carbocycles. The average molecular weight is 349 g/mol. The Morgan fingerprint density at radius 1 is 1.33 bits per heavy atom. The van der Waals surface area contributed by atoms with Crippen molar-refractivity contribution in [3.8, 4) is 5.75 Å². The first-order chi connectivity index (χ1) is 11.3. The molecule has 0 spiro atoms. The summed E-state index contributed by atoms with van der Waals surface area (Å²) in [7, 11) is -2.47. The van der Waals surface area contributed by atoms with Gasteiger partial charge in [-0.25, -0.2) is 18.4 Å². The Balaban J connectivity index is 1.98. The number of sulfonamides is 1. The molecule has 0 fully saturated rings. The van der Waals surface area contributed by atoms with Crippen molar-refractivity contribution in [2.75, 3.05) is 12.8 Å². The van der Waals surface area contributed by atoms with Gasteiger partial charge in [-0.15, -0.1) is 0 Å². The number of ether oxygens (including phenoxy) is 1. The molecule has 1 aliphatic heterocycles. The topological polar surface area (TPSA) is 142 Å². The van der Waals surface area contributed by atoms with Crippen molar-refractivity contribution in [1.82, 2.24) is 14.3 Å². The molecule has 9 nitrogen and oxygen atoms in total. The molecule has 2 aromatic rings. The third-order valence-corrected chi connectivity index (χ3v) is 5.51. The summed E-state index contributed by atoms with van der Waals surface area (Å²) in [6.45, 7) is 0.220. The first-order valence-electron chi connectivity index (χ1n) is 6.91. The fourth-order valence-electron chi connectivity index (χ4n) is 2.50. The van der Waals surface area contributed by atoms with E-state index in [1.54, 1.807) is 0 Å². The number of carbonyl (C=O) groups excluding carboxylic acids is 1. The molecule has 1 amide bonds. The number of benzene rings is 1. The molecular formula is C14H15N5O4S. The van der Waals surface area contributed by atoms with Gasteiger partial charge in [-0.2, -0.15) is 4.31 Å². The van der Waals surface area contributed by atoms with E-state index in [2.05, 4.69) is 9.97 Å². The lowest BCUT2D eigenvalue weighted by Crippen LogP contribution is -2.26. The highest BCUT2D eigenvalue weighted by Crippen LogP contribution is 2.29. The number of methoxy groups -OCH3 is 1. The second-order valence-corrected chi connectivity index (χ2v) is 7.14. The zero-order valence-electron chi connectivity index (χ0n) is 12.8. The highest BCUT2D eigenvalue weighted by Gasteiger charge is 2.32. The molecule has 0 saturated heterocycles. The molecular weight excluding hydrogens is 334 g/mol. The maximum atomic E-state index is 12.8. The van der Waals surface area contributed by atoms with E-state index in [0.717, 1.165) is 0 Å². The highest BCUT2D eigenvalue weighted by molar-refractivity contribution is 7.89. The van der Waals surface area contributed by atoms with Crippen molar-refractivity contribution in [3.63, 3.8) is 0 Å². The van der Waals surface area contributed by atoms with E-state index in [1.165, 1.54) is 35.8 Å². The van der Waals surface area contributed by atoms with Gasteiger partial charge < -0.3 is 16.2 Å². The van der Waals surface area contributed by atoms with Crippen LogP contribution in [0.1, 0.15) is 21.6 Å².